The maximum atomic E-state index is 5.36. The summed E-state index contributed by atoms with van der Waals surface area (Å²) in [5.41, 5.74) is 1.39. The Morgan fingerprint density at radius 1 is 1.23 bits per heavy atom. The second-order valence-corrected chi connectivity index (χ2v) is 6.54. The minimum Gasteiger partial charge on any atom is -0.382 e. The fraction of sp³-hybridized carbons (Fsp3) is 0.650. The molecule has 1 aromatic carbocycles. The van der Waals surface area contributed by atoms with E-state index in [2.05, 4.69) is 50.9 Å². The molecule has 0 radical (unpaired) electrons. The Morgan fingerprint density at radius 3 is 2.77 bits per heavy atom. The summed E-state index contributed by atoms with van der Waals surface area (Å²) in [4.78, 5) is 6.92. The van der Waals surface area contributed by atoms with Gasteiger partial charge in [0.1, 0.15) is 0 Å². The number of nitrogens with zero attached hydrogens (tertiary/aromatic N) is 2. The lowest BCUT2D eigenvalue weighted by Crippen LogP contribution is -2.44. The summed E-state index contributed by atoms with van der Waals surface area (Å²) in [7, 11) is 1.84. The third kappa shape index (κ3) is 8.68. The average molecular weight is 474 g/mol. The van der Waals surface area contributed by atoms with Crippen molar-refractivity contribution in [1.82, 2.24) is 15.5 Å². The van der Waals surface area contributed by atoms with Crippen molar-refractivity contribution in [3.8, 4) is 0 Å². The molecule has 0 spiro atoms. The number of halogens is 1. The normalized spacial score (nSPS) is 17.8. The first-order valence-electron chi connectivity index (χ1n) is 9.63. The van der Waals surface area contributed by atoms with Crippen LogP contribution in [0.2, 0.25) is 0 Å². The van der Waals surface area contributed by atoms with Crippen molar-refractivity contribution in [3.63, 3.8) is 0 Å². The van der Waals surface area contributed by atoms with Crippen molar-refractivity contribution in [1.29, 1.82) is 0 Å². The van der Waals surface area contributed by atoms with Gasteiger partial charge < -0.3 is 15.4 Å². The van der Waals surface area contributed by atoms with Crippen LogP contribution in [0.5, 0.6) is 0 Å². The van der Waals surface area contributed by atoms with E-state index < -0.39 is 0 Å². The highest BCUT2D eigenvalue weighted by Crippen LogP contribution is 2.19. The fourth-order valence-electron chi connectivity index (χ4n) is 3.27. The summed E-state index contributed by atoms with van der Waals surface area (Å²) in [5.74, 6) is 0.906. The summed E-state index contributed by atoms with van der Waals surface area (Å²) in [6.45, 7) is 7.80. The quantitative estimate of drug-likeness (QED) is 0.237. The Hall–Kier alpha value is -0.860. The van der Waals surface area contributed by atoms with Crippen LogP contribution in [0.3, 0.4) is 0 Å². The number of hydrogen-bond acceptors (Lipinski definition) is 3. The molecular weight excluding hydrogens is 439 g/mol. The lowest BCUT2D eigenvalue weighted by molar-refractivity contribution is 0.143. The number of likely N-dealkylation sites (tertiary alicyclic amines) is 1. The highest BCUT2D eigenvalue weighted by Gasteiger charge is 2.24. The molecule has 0 saturated carbocycles. The van der Waals surface area contributed by atoms with Crippen LogP contribution in [0, 0.1) is 0 Å². The van der Waals surface area contributed by atoms with Gasteiger partial charge in [-0.15, -0.1) is 24.0 Å². The average Bonchev–Trinajstić information content (AvgIpc) is 3.08. The van der Waals surface area contributed by atoms with Gasteiger partial charge in [-0.1, -0.05) is 30.3 Å². The molecule has 1 saturated heterocycles. The zero-order valence-electron chi connectivity index (χ0n) is 16.2. The van der Waals surface area contributed by atoms with Crippen molar-refractivity contribution in [2.45, 2.75) is 45.2 Å². The molecule has 1 atom stereocenters. The number of hydrogen-bond donors (Lipinski definition) is 2. The summed E-state index contributed by atoms with van der Waals surface area (Å²) in [6, 6.07) is 11.3. The van der Waals surface area contributed by atoms with Crippen LogP contribution < -0.4 is 10.6 Å². The molecule has 0 amide bonds. The van der Waals surface area contributed by atoms with Gasteiger partial charge in [-0.3, -0.25) is 9.89 Å². The minimum absolute atomic E-state index is 0. The van der Waals surface area contributed by atoms with Crippen molar-refractivity contribution >= 4 is 29.9 Å². The van der Waals surface area contributed by atoms with Gasteiger partial charge in [0.25, 0.3) is 0 Å². The Balaban J connectivity index is 0.00000338. The maximum Gasteiger partial charge on any atom is 0.191 e. The van der Waals surface area contributed by atoms with Crippen LogP contribution in [0.25, 0.3) is 0 Å². The molecule has 1 aromatic rings. The standard InChI is InChI=1S/C20H34N4O.HI/c1-3-25-15-8-7-13-22-20(21-2)23-16-19-12-9-14-24(19)17-18-10-5-4-6-11-18;/h4-6,10-11,19H,3,7-9,12-17H2,1-2H3,(H2,21,22,23);1H. The highest BCUT2D eigenvalue weighted by molar-refractivity contribution is 14.0. The Bertz CT molecular complexity index is 498. The molecule has 0 aliphatic carbocycles. The van der Waals surface area contributed by atoms with Crippen LogP contribution in [-0.4, -0.2) is 56.8 Å². The number of benzene rings is 1. The first-order valence-corrected chi connectivity index (χ1v) is 9.63. The third-order valence-corrected chi connectivity index (χ3v) is 4.67. The monoisotopic (exact) mass is 474 g/mol. The topological polar surface area (TPSA) is 48.9 Å². The molecule has 0 aromatic heterocycles. The van der Waals surface area contributed by atoms with Gasteiger partial charge in [0.05, 0.1) is 0 Å². The molecule has 1 aliphatic heterocycles. The van der Waals surface area contributed by atoms with E-state index >= 15 is 0 Å². The van der Waals surface area contributed by atoms with E-state index in [1.165, 1.54) is 24.9 Å². The van der Waals surface area contributed by atoms with Gasteiger partial charge in [-0.25, -0.2) is 0 Å². The Kier molecular flexibility index (Phi) is 12.7. The van der Waals surface area contributed by atoms with Gasteiger partial charge in [-0.05, 0) is 44.7 Å². The molecule has 0 bridgehead atoms. The summed E-state index contributed by atoms with van der Waals surface area (Å²) in [5, 5.41) is 6.89. The van der Waals surface area contributed by atoms with Crippen LogP contribution in [0.4, 0.5) is 0 Å². The van der Waals surface area contributed by atoms with E-state index in [0.717, 1.165) is 51.6 Å². The van der Waals surface area contributed by atoms with Gasteiger partial charge in [0.15, 0.2) is 5.96 Å². The predicted molar refractivity (Wildman–Crippen MR) is 120 cm³/mol. The lowest BCUT2D eigenvalue weighted by Gasteiger charge is -2.25. The molecule has 2 rings (SSSR count). The van der Waals surface area contributed by atoms with Gasteiger partial charge in [0.2, 0.25) is 0 Å². The first kappa shape index (κ1) is 23.2. The highest BCUT2D eigenvalue weighted by atomic mass is 127. The third-order valence-electron chi connectivity index (χ3n) is 4.67. The van der Waals surface area contributed by atoms with E-state index in [9.17, 15) is 0 Å². The minimum atomic E-state index is 0. The van der Waals surface area contributed by atoms with Crippen LogP contribution in [-0.2, 0) is 11.3 Å². The second-order valence-electron chi connectivity index (χ2n) is 6.54. The zero-order chi connectivity index (χ0) is 17.7. The van der Waals surface area contributed by atoms with Crippen LogP contribution in [0.1, 0.15) is 38.2 Å². The van der Waals surface area contributed by atoms with Crippen molar-refractivity contribution in [2.75, 3.05) is 39.9 Å². The number of ether oxygens (including phenoxy) is 1. The van der Waals surface area contributed by atoms with E-state index in [4.69, 9.17) is 4.74 Å². The van der Waals surface area contributed by atoms with Crippen LogP contribution >= 0.6 is 24.0 Å². The smallest absolute Gasteiger partial charge is 0.191 e. The maximum absolute atomic E-state index is 5.36. The van der Waals surface area contributed by atoms with E-state index in [-0.39, 0.29) is 24.0 Å². The zero-order valence-corrected chi connectivity index (χ0v) is 18.6. The molecule has 1 unspecified atom stereocenters. The molecule has 1 aliphatic rings. The molecule has 5 nitrogen and oxygen atoms in total. The first-order chi connectivity index (χ1) is 12.3. The van der Waals surface area contributed by atoms with E-state index in [1.54, 1.807) is 0 Å². The molecule has 148 valence electrons. The molecular formula is C20H35IN4O. The molecule has 6 heteroatoms. The SMILES string of the molecule is CCOCCCCNC(=NC)NCC1CCCN1Cc1ccccc1.I. The lowest BCUT2D eigenvalue weighted by atomic mass is 10.2. The van der Waals surface area contributed by atoms with Crippen molar-refractivity contribution < 1.29 is 4.74 Å². The number of nitrogens with one attached hydrogen (secondary N) is 2. The van der Waals surface area contributed by atoms with Gasteiger partial charge in [-0.2, -0.15) is 0 Å². The molecule has 26 heavy (non-hydrogen) atoms. The number of rotatable bonds is 10. The van der Waals surface area contributed by atoms with Gasteiger partial charge in [0, 0.05) is 45.9 Å². The molecule has 1 heterocycles. The van der Waals surface area contributed by atoms with E-state index in [0.29, 0.717) is 6.04 Å². The number of aliphatic imine (C=N–C) groups is 1. The van der Waals surface area contributed by atoms with Crippen molar-refractivity contribution in [3.05, 3.63) is 35.9 Å². The molecule has 1 fully saturated rings. The summed E-state index contributed by atoms with van der Waals surface area (Å²) >= 11 is 0. The number of unbranched alkanes of at least 4 members (excludes halogenated alkanes) is 1. The van der Waals surface area contributed by atoms with Gasteiger partial charge >= 0.3 is 0 Å². The summed E-state index contributed by atoms with van der Waals surface area (Å²) < 4.78 is 5.36. The summed E-state index contributed by atoms with van der Waals surface area (Å²) in [6.07, 6.45) is 4.73. The second kappa shape index (κ2) is 14.2. The van der Waals surface area contributed by atoms with E-state index in [1.807, 2.05) is 14.0 Å². The predicted octanol–water partition coefficient (Wildman–Crippen LogP) is 3.25. The Labute approximate surface area is 176 Å². The molecule has 2 N–H and O–H groups in total. The van der Waals surface area contributed by atoms with Crippen LogP contribution in [0.15, 0.2) is 35.3 Å². The Morgan fingerprint density at radius 2 is 2.04 bits per heavy atom. The number of guanidine groups is 1. The van der Waals surface area contributed by atoms with Crippen molar-refractivity contribution in [2.24, 2.45) is 4.99 Å². The fourth-order valence-corrected chi connectivity index (χ4v) is 3.27. The largest absolute Gasteiger partial charge is 0.382 e.